The highest BCUT2D eigenvalue weighted by atomic mass is 35.5. The molecule has 0 saturated carbocycles. The zero-order valence-corrected chi connectivity index (χ0v) is 18.8. The molecule has 1 N–H and O–H groups in total. The highest BCUT2D eigenvalue weighted by Gasteiger charge is 2.27. The van der Waals surface area contributed by atoms with Gasteiger partial charge < -0.3 is 5.32 Å². The molecule has 30 heavy (non-hydrogen) atoms. The van der Waals surface area contributed by atoms with Gasteiger partial charge in [-0.2, -0.15) is 0 Å². The normalized spacial score (nSPS) is 14.1. The topological polar surface area (TPSA) is 45.2 Å². The number of rotatable bonds is 4. The van der Waals surface area contributed by atoms with E-state index < -0.39 is 0 Å². The highest BCUT2D eigenvalue weighted by molar-refractivity contribution is 7.23. The summed E-state index contributed by atoms with van der Waals surface area (Å²) < 4.78 is 1.15. The van der Waals surface area contributed by atoms with Crippen molar-refractivity contribution in [3.8, 4) is 10.6 Å². The molecule has 2 aromatic heterocycles. The van der Waals surface area contributed by atoms with Crippen LogP contribution in [-0.2, 0) is 13.0 Å². The third-order valence-electron chi connectivity index (χ3n) is 5.44. The van der Waals surface area contributed by atoms with Crippen LogP contribution >= 0.6 is 34.3 Å². The van der Waals surface area contributed by atoms with Crippen LogP contribution in [0.25, 0.3) is 20.8 Å². The second-order valence-electron chi connectivity index (χ2n) is 7.25. The van der Waals surface area contributed by atoms with Crippen LogP contribution in [-0.4, -0.2) is 28.9 Å². The number of nitrogens with one attached hydrogen (secondary N) is 1. The Hall–Kier alpha value is -2.25. The number of thiophene rings is 1. The van der Waals surface area contributed by atoms with Crippen molar-refractivity contribution >= 4 is 55.4 Å². The van der Waals surface area contributed by atoms with Crippen molar-refractivity contribution in [2.24, 2.45) is 0 Å². The fourth-order valence-electron chi connectivity index (χ4n) is 3.84. The van der Waals surface area contributed by atoms with Crippen LogP contribution in [0.2, 0.25) is 5.02 Å². The summed E-state index contributed by atoms with van der Waals surface area (Å²) in [5.74, 6) is -0.186. The van der Waals surface area contributed by atoms with Crippen molar-refractivity contribution in [3.05, 3.63) is 69.6 Å². The molecular weight excluding hydrogens is 434 g/mol. The molecule has 1 amide bonds. The zero-order valence-electron chi connectivity index (χ0n) is 16.4. The van der Waals surface area contributed by atoms with Crippen LogP contribution in [0, 0.1) is 0 Å². The summed E-state index contributed by atoms with van der Waals surface area (Å²) in [4.78, 5) is 21.6. The van der Waals surface area contributed by atoms with Crippen molar-refractivity contribution in [3.63, 3.8) is 0 Å². The molecule has 4 aromatic rings. The third-order valence-corrected chi connectivity index (χ3v) is 7.95. The first-order valence-corrected chi connectivity index (χ1v) is 11.9. The van der Waals surface area contributed by atoms with Crippen LogP contribution < -0.4 is 5.32 Å². The van der Waals surface area contributed by atoms with Gasteiger partial charge in [0.25, 0.3) is 5.91 Å². The van der Waals surface area contributed by atoms with Gasteiger partial charge in [-0.3, -0.25) is 9.69 Å². The number of para-hydroxylation sites is 1. The van der Waals surface area contributed by atoms with Gasteiger partial charge in [0.2, 0.25) is 0 Å². The number of carbonyl (C=O) groups excluding carboxylic acids is 1. The summed E-state index contributed by atoms with van der Waals surface area (Å²) in [7, 11) is 0. The number of amides is 1. The molecule has 0 saturated heterocycles. The lowest BCUT2D eigenvalue weighted by Gasteiger charge is -2.25. The molecule has 4 nitrogen and oxygen atoms in total. The predicted molar refractivity (Wildman–Crippen MR) is 127 cm³/mol. The van der Waals surface area contributed by atoms with Crippen molar-refractivity contribution in [1.82, 2.24) is 9.88 Å². The Morgan fingerprint density at radius 3 is 2.77 bits per heavy atom. The maximum absolute atomic E-state index is 13.0. The second-order valence-corrected chi connectivity index (χ2v) is 9.79. The molecule has 0 atom stereocenters. The summed E-state index contributed by atoms with van der Waals surface area (Å²) >= 11 is 9.60. The Kier molecular flexibility index (Phi) is 5.33. The first-order chi connectivity index (χ1) is 14.6. The number of halogens is 1. The molecule has 5 rings (SSSR count). The second kappa shape index (κ2) is 8.12. The molecule has 1 aliphatic rings. The fraction of sp³-hybridized carbons (Fsp3) is 0.217. The SMILES string of the molecule is CCN1CCc2c(sc(NC(=O)c3ccccc3Cl)c2-c2nc3ccccc3s2)C1. The maximum Gasteiger partial charge on any atom is 0.257 e. The van der Waals surface area contributed by atoms with E-state index in [0.29, 0.717) is 10.6 Å². The molecule has 3 heterocycles. The van der Waals surface area contributed by atoms with Crippen LogP contribution in [0.15, 0.2) is 48.5 Å². The molecular formula is C23H20ClN3OS2. The average molecular weight is 454 g/mol. The molecule has 152 valence electrons. The maximum atomic E-state index is 13.0. The van der Waals surface area contributed by atoms with E-state index in [1.54, 1.807) is 34.8 Å². The number of carbonyl (C=O) groups is 1. The Morgan fingerprint density at radius 2 is 1.97 bits per heavy atom. The first-order valence-electron chi connectivity index (χ1n) is 9.92. The third kappa shape index (κ3) is 3.54. The minimum atomic E-state index is -0.186. The number of thiazole rings is 1. The highest BCUT2D eigenvalue weighted by Crippen LogP contribution is 2.45. The van der Waals surface area contributed by atoms with E-state index in [9.17, 15) is 4.79 Å². The lowest BCUT2D eigenvalue weighted by atomic mass is 10.0. The summed E-state index contributed by atoms with van der Waals surface area (Å²) in [5.41, 5.74) is 3.87. The van der Waals surface area contributed by atoms with Crippen LogP contribution in [0.5, 0.6) is 0 Å². The number of likely N-dealkylation sites (N-methyl/N-ethyl adjacent to an activating group) is 1. The molecule has 0 spiro atoms. The lowest BCUT2D eigenvalue weighted by molar-refractivity contribution is 0.102. The molecule has 1 aliphatic heterocycles. The van der Waals surface area contributed by atoms with E-state index in [1.165, 1.54) is 10.4 Å². The number of hydrogen-bond donors (Lipinski definition) is 1. The first kappa shape index (κ1) is 19.7. The van der Waals surface area contributed by atoms with E-state index in [0.717, 1.165) is 51.8 Å². The molecule has 0 aliphatic carbocycles. The average Bonchev–Trinajstić information content (AvgIpc) is 3.33. The standard InChI is InChI=1S/C23H20ClN3OS2/c1-2-27-12-11-15-19(13-27)30-23(26-21(28)14-7-3-4-8-16(14)24)20(15)22-25-17-9-5-6-10-18(17)29-22/h3-10H,2,11-13H2,1H3,(H,26,28). The number of benzene rings is 2. The van der Waals surface area contributed by atoms with Gasteiger partial charge in [0.1, 0.15) is 10.0 Å². The minimum absolute atomic E-state index is 0.186. The van der Waals surface area contributed by atoms with Gasteiger partial charge in [0.05, 0.1) is 20.8 Å². The van der Waals surface area contributed by atoms with Gasteiger partial charge in [-0.25, -0.2) is 4.98 Å². The molecule has 2 aromatic carbocycles. The summed E-state index contributed by atoms with van der Waals surface area (Å²) in [6, 6.07) is 15.3. The molecule has 0 radical (unpaired) electrons. The van der Waals surface area contributed by atoms with Crippen molar-refractivity contribution in [2.45, 2.75) is 19.9 Å². The minimum Gasteiger partial charge on any atom is -0.313 e. The summed E-state index contributed by atoms with van der Waals surface area (Å²) in [5, 5.41) is 5.43. The van der Waals surface area contributed by atoms with E-state index in [1.807, 2.05) is 30.3 Å². The largest absolute Gasteiger partial charge is 0.313 e. The molecule has 0 fully saturated rings. The van der Waals surface area contributed by atoms with Crippen molar-refractivity contribution in [2.75, 3.05) is 18.4 Å². The Morgan fingerprint density at radius 1 is 1.17 bits per heavy atom. The van der Waals surface area contributed by atoms with Crippen LogP contribution in [0.1, 0.15) is 27.7 Å². The van der Waals surface area contributed by atoms with Gasteiger partial charge in [0, 0.05) is 23.5 Å². The Labute approximate surface area is 188 Å². The van der Waals surface area contributed by atoms with E-state index in [4.69, 9.17) is 16.6 Å². The van der Waals surface area contributed by atoms with Gasteiger partial charge in [-0.1, -0.05) is 42.8 Å². The smallest absolute Gasteiger partial charge is 0.257 e. The Bertz CT molecular complexity index is 1210. The van der Waals surface area contributed by atoms with Crippen molar-refractivity contribution < 1.29 is 4.79 Å². The molecule has 0 unspecified atom stereocenters. The monoisotopic (exact) mass is 453 g/mol. The number of hydrogen-bond acceptors (Lipinski definition) is 5. The van der Waals surface area contributed by atoms with Crippen LogP contribution in [0.4, 0.5) is 5.00 Å². The molecule has 7 heteroatoms. The number of anilines is 1. The van der Waals surface area contributed by atoms with Crippen LogP contribution in [0.3, 0.4) is 0 Å². The van der Waals surface area contributed by atoms with E-state index in [-0.39, 0.29) is 5.91 Å². The summed E-state index contributed by atoms with van der Waals surface area (Å²) in [6.45, 7) is 5.15. The van der Waals surface area contributed by atoms with Crippen molar-refractivity contribution in [1.29, 1.82) is 0 Å². The van der Waals surface area contributed by atoms with E-state index >= 15 is 0 Å². The van der Waals surface area contributed by atoms with Gasteiger partial charge in [-0.15, -0.1) is 22.7 Å². The van der Waals surface area contributed by atoms with Gasteiger partial charge >= 0.3 is 0 Å². The predicted octanol–water partition coefficient (Wildman–Crippen LogP) is 6.31. The van der Waals surface area contributed by atoms with E-state index in [2.05, 4.69) is 23.2 Å². The van der Waals surface area contributed by atoms with Gasteiger partial charge in [-0.05, 0) is 42.8 Å². The number of nitrogens with zero attached hydrogens (tertiary/aromatic N) is 2. The Balaban J connectivity index is 1.60. The summed E-state index contributed by atoms with van der Waals surface area (Å²) in [6.07, 6.45) is 0.965. The zero-order chi connectivity index (χ0) is 20.7. The van der Waals surface area contributed by atoms with Gasteiger partial charge in [0.15, 0.2) is 0 Å². The fourth-order valence-corrected chi connectivity index (χ4v) is 6.45. The quantitative estimate of drug-likeness (QED) is 0.394. The molecule has 0 bridgehead atoms. The lowest BCUT2D eigenvalue weighted by Crippen LogP contribution is -2.29. The number of fused-ring (bicyclic) bond motifs is 2. The number of aromatic nitrogens is 1.